The van der Waals surface area contributed by atoms with Gasteiger partial charge in [-0.25, -0.2) is 4.98 Å². The second kappa shape index (κ2) is 8.47. The molecule has 2 aliphatic rings. The lowest BCUT2D eigenvalue weighted by Gasteiger charge is -2.26. The summed E-state index contributed by atoms with van der Waals surface area (Å²) in [6.07, 6.45) is 2.67. The van der Waals surface area contributed by atoms with Crippen LogP contribution in [0.2, 0.25) is 0 Å². The number of amides is 2. The topological polar surface area (TPSA) is 65.5 Å². The fraction of sp³-hybridized carbons (Fsp3) is 0.706. The number of aromatic nitrogens is 1. The van der Waals surface area contributed by atoms with Crippen LogP contribution in [-0.4, -0.2) is 58.8 Å². The maximum Gasteiger partial charge on any atom is 0.242 e. The van der Waals surface area contributed by atoms with Crippen LogP contribution in [0, 0.1) is 0 Å². The first-order valence-corrected chi connectivity index (χ1v) is 9.52. The van der Waals surface area contributed by atoms with Gasteiger partial charge in [0.15, 0.2) is 0 Å². The van der Waals surface area contributed by atoms with E-state index in [4.69, 9.17) is 0 Å². The summed E-state index contributed by atoms with van der Waals surface area (Å²) in [4.78, 5) is 32.8. The van der Waals surface area contributed by atoms with Gasteiger partial charge in [-0.15, -0.1) is 23.7 Å². The zero-order chi connectivity index (χ0) is 17.3. The Labute approximate surface area is 159 Å². The largest absolute Gasteiger partial charge is 0.338 e. The second-order valence-corrected chi connectivity index (χ2v) is 8.09. The first-order valence-electron chi connectivity index (χ1n) is 8.64. The fourth-order valence-corrected chi connectivity index (χ4v) is 4.17. The lowest BCUT2D eigenvalue weighted by molar-refractivity contribution is -0.140. The van der Waals surface area contributed by atoms with Crippen molar-refractivity contribution < 1.29 is 9.59 Å². The SMILES string of the molecule is CC(C)c1nc(CN(C)C(=O)CN2C[C@@H]3CC[C@H](CC2=O)N3)cs1.Cl. The molecule has 2 atom stereocenters. The third kappa shape index (κ3) is 4.92. The number of carbonyl (C=O) groups excluding carboxylic acids is 2. The van der Waals surface area contributed by atoms with Crippen molar-refractivity contribution >= 4 is 35.6 Å². The molecule has 0 saturated carbocycles. The van der Waals surface area contributed by atoms with E-state index in [0.717, 1.165) is 23.5 Å². The molecule has 0 radical (unpaired) electrons. The van der Waals surface area contributed by atoms with E-state index in [9.17, 15) is 9.59 Å². The summed E-state index contributed by atoms with van der Waals surface area (Å²) in [6.45, 7) is 5.53. The molecule has 0 unspecified atom stereocenters. The second-order valence-electron chi connectivity index (χ2n) is 7.20. The van der Waals surface area contributed by atoms with E-state index in [1.807, 2.05) is 5.38 Å². The molecule has 2 aliphatic heterocycles. The van der Waals surface area contributed by atoms with Crippen LogP contribution in [0.5, 0.6) is 0 Å². The van der Waals surface area contributed by atoms with Crippen molar-refractivity contribution in [2.75, 3.05) is 20.1 Å². The maximum absolute atomic E-state index is 12.5. The molecule has 1 N–H and O–H groups in total. The predicted octanol–water partition coefficient (Wildman–Crippen LogP) is 2.00. The van der Waals surface area contributed by atoms with Crippen molar-refractivity contribution in [2.24, 2.45) is 0 Å². The highest BCUT2D eigenvalue weighted by Crippen LogP contribution is 2.22. The number of likely N-dealkylation sites (tertiary alicyclic amines) is 1. The molecule has 0 aliphatic carbocycles. The van der Waals surface area contributed by atoms with Crippen LogP contribution in [-0.2, 0) is 16.1 Å². The predicted molar refractivity (Wildman–Crippen MR) is 101 cm³/mol. The number of likely N-dealkylation sites (N-methyl/N-ethyl adjacent to an activating group) is 1. The summed E-state index contributed by atoms with van der Waals surface area (Å²) in [7, 11) is 1.78. The summed E-state index contributed by atoms with van der Waals surface area (Å²) in [6, 6.07) is 0.636. The molecular weight excluding hydrogens is 360 g/mol. The zero-order valence-corrected chi connectivity index (χ0v) is 16.7. The number of nitrogens with zero attached hydrogens (tertiary/aromatic N) is 3. The molecule has 0 aromatic carbocycles. The summed E-state index contributed by atoms with van der Waals surface area (Å²) in [5.41, 5.74) is 0.919. The molecule has 1 aromatic rings. The fourth-order valence-electron chi connectivity index (χ4n) is 3.34. The van der Waals surface area contributed by atoms with Crippen LogP contribution in [0.25, 0.3) is 0 Å². The highest BCUT2D eigenvalue weighted by Gasteiger charge is 2.34. The van der Waals surface area contributed by atoms with Gasteiger partial charge in [0.2, 0.25) is 11.8 Å². The van der Waals surface area contributed by atoms with Gasteiger partial charge in [0.05, 0.1) is 23.8 Å². The van der Waals surface area contributed by atoms with Crippen molar-refractivity contribution in [3.63, 3.8) is 0 Å². The molecule has 3 rings (SSSR count). The lowest BCUT2D eigenvalue weighted by atomic mass is 10.1. The summed E-state index contributed by atoms with van der Waals surface area (Å²) >= 11 is 1.64. The van der Waals surface area contributed by atoms with Gasteiger partial charge in [-0.3, -0.25) is 9.59 Å². The number of rotatable bonds is 5. The molecular formula is C17H27ClN4O2S. The molecule has 6 nitrogen and oxygen atoms in total. The number of hydrogen-bond donors (Lipinski definition) is 1. The Morgan fingerprint density at radius 2 is 2.16 bits per heavy atom. The number of fused-ring (bicyclic) bond motifs is 2. The average molecular weight is 387 g/mol. The first-order chi connectivity index (χ1) is 11.4. The Kier molecular flexibility index (Phi) is 6.82. The minimum atomic E-state index is -0.0276. The van der Waals surface area contributed by atoms with Gasteiger partial charge < -0.3 is 15.1 Å². The molecule has 0 spiro atoms. The molecule has 8 heteroatoms. The van der Waals surface area contributed by atoms with E-state index >= 15 is 0 Å². The van der Waals surface area contributed by atoms with Gasteiger partial charge in [-0.05, 0) is 12.8 Å². The molecule has 3 heterocycles. The Bertz CT molecular complexity index is 622. The Morgan fingerprint density at radius 1 is 1.44 bits per heavy atom. The lowest BCUT2D eigenvalue weighted by Crippen LogP contribution is -2.44. The quantitative estimate of drug-likeness (QED) is 0.840. The number of nitrogens with one attached hydrogen (secondary N) is 1. The summed E-state index contributed by atoms with van der Waals surface area (Å²) in [5, 5.41) is 6.58. The molecule has 25 heavy (non-hydrogen) atoms. The third-order valence-electron chi connectivity index (χ3n) is 4.76. The zero-order valence-electron chi connectivity index (χ0n) is 15.0. The molecule has 2 amide bonds. The molecule has 1 aromatic heterocycles. The molecule has 2 saturated heterocycles. The van der Waals surface area contributed by atoms with Gasteiger partial charge in [-0.1, -0.05) is 13.8 Å². The summed E-state index contributed by atoms with van der Waals surface area (Å²) in [5.74, 6) is 0.467. The van der Waals surface area contributed by atoms with Crippen LogP contribution < -0.4 is 5.32 Å². The number of halogens is 1. The average Bonchev–Trinajstić information content (AvgIpc) is 3.12. The minimum Gasteiger partial charge on any atom is -0.338 e. The highest BCUT2D eigenvalue weighted by molar-refractivity contribution is 7.09. The van der Waals surface area contributed by atoms with Gasteiger partial charge in [0, 0.05) is 43.4 Å². The Morgan fingerprint density at radius 3 is 2.84 bits per heavy atom. The van der Waals surface area contributed by atoms with Crippen molar-refractivity contribution in [1.82, 2.24) is 20.1 Å². The van der Waals surface area contributed by atoms with Crippen molar-refractivity contribution in [3.8, 4) is 0 Å². The highest BCUT2D eigenvalue weighted by atomic mass is 35.5. The van der Waals surface area contributed by atoms with Crippen molar-refractivity contribution in [1.29, 1.82) is 0 Å². The van der Waals surface area contributed by atoms with Crippen LogP contribution in [0.4, 0.5) is 0 Å². The standard InChI is InChI=1S/C17H26N4O2S.ClH/c1-11(2)17-19-14(10-24-17)7-20(3)16(23)9-21-8-13-5-4-12(18-13)6-15(21)22;/h10-13,18H,4-9H2,1-3H3;1H/t12-,13+;/m1./s1. The van der Waals surface area contributed by atoms with Gasteiger partial charge in [0.25, 0.3) is 0 Å². The van der Waals surface area contributed by atoms with E-state index in [-0.39, 0.29) is 30.8 Å². The van der Waals surface area contributed by atoms with Crippen LogP contribution in [0.3, 0.4) is 0 Å². The molecule has 2 bridgehead atoms. The van der Waals surface area contributed by atoms with E-state index in [0.29, 0.717) is 37.5 Å². The van der Waals surface area contributed by atoms with Crippen molar-refractivity contribution in [2.45, 2.75) is 57.7 Å². The van der Waals surface area contributed by atoms with E-state index < -0.39 is 0 Å². The number of thiazole rings is 1. The van der Waals surface area contributed by atoms with Gasteiger partial charge >= 0.3 is 0 Å². The smallest absolute Gasteiger partial charge is 0.242 e. The third-order valence-corrected chi connectivity index (χ3v) is 5.96. The van der Waals surface area contributed by atoms with Crippen LogP contribution >= 0.6 is 23.7 Å². The van der Waals surface area contributed by atoms with Gasteiger partial charge in [-0.2, -0.15) is 0 Å². The first kappa shape index (κ1) is 20.1. The monoisotopic (exact) mass is 386 g/mol. The van der Waals surface area contributed by atoms with Crippen LogP contribution in [0.15, 0.2) is 5.38 Å². The Balaban J connectivity index is 0.00000225. The van der Waals surface area contributed by atoms with Gasteiger partial charge in [0.1, 0.15) is 0 Å². The van der Waals surface area contributed by atoms with E-state index in [2.05, 4.69) is 24.1 Å². The van der Waals surface area contributed by atoms with Crippen molar-refractivity contribution in [3.05, 3.63) is 16.1 Å². The number of hydrogen-bond acceptors (Lipinski definition) is 5. The normalized spacial score (nSPS) is 22.7. The van der Waals surface area contributed by atoms with E-state index in [1.54, 1.807) is 28.2 Å². The minimum absolute atomic E-state index is 0. The molecule has 140 valence electrons. The number of carbonyl (C=O) groups is 2. The Hall–Kier alpha value is -1.18. The summed E-state index contributed by atoms with van der Waals surface area (Å²) < 4.78 is 0. The molecule has 2 fully saturated rings. The maximum atomic E-state index is 12.5. The van der Waals surface area contributed by atoms with E-state index in [1.165, 1.54) is 0 Å². The van der Waals surface area contributed by atoms with Crippen LogP contribution in [0.1, 0.15) is 49.7 Å².